The van der Waals surface area contributed by atoms with Gasteiger partial charge in [0.05, 0.1) is 0 Å². The molecule has 0 amide bonds. The normalized spacial score (nSPS) is 11.2. The van der Waals surface area contributed by atoms with Crippen LogP contribution in [0.15, 0.2) is 176 Å². The predicted molar refractivity (Wildman–Crippen MR) is 193 cm³/mol. The van der Waals surface area contributed by atoms with Gasteiger partial charge in [0, 0.05) is 0 Å². The van der Waals surface area contributed by atoms with E-state index < -0.39 is 0 Å². The zero-order chi connectivity index (χ0) is 30.2. The summed E-state index contributed by atoms with van der Waals surface area (Å²) < 4.78 is 0. The lowest BCUT2D eigenvalue weighted by Gasteiger charge is -2.18. The van der Waals surface area contributed by atoms with E-state index in [4.69, 9.17) is 0 Å². The van der Waals surface area contributed by atoms with Crippen molar-refractivity contribution in [1.29, 1.82) is 0 Å². The molecule has 0 fully saturated rings. The molecule has 0 bridgehead atoms. The topological polar surface area (TPSA) is 0 Å². The smallest absolute Gasteiger partial charge is 0.00262 e. The summed E-state index contributed by atoms with van der Waals surface area (Å²) in [5, 5.41) is 5.10. The van der Waals surface area contributed by atoms with Gasteiger partial charge in [-0.05, 0) is 96.2 Å². The minimum atomic E-state index is 1.21. The fourth-order valence-electron chi connectivity index (χ4n) is 6.69. The zero-order valence-corrected chi connectivity index (χ0v) is 25.2. The van der Waals surface area contributed by atoms with Crippen LogP contribution >= 0.6 is 0 Å². The van der Waals surface area contributed by atoms with Gasteiger partial charge in [-0.1, -0.05) is 169 Å². The van der Waals surface area contributed by atoms with E-state index in [0.29, 0.717) is 0 Å². The van der Waals surface area contributed by atoms with Crippen LogP contribution in [-0.2, 0) is 0 Å². The van der Waals surface area contributed by atoms with Gasteiger partial charge in [0.2, 0.25) is 0 Å². The van der Waals surface area contributed by atoms with Crippen LogP contribution < -0.4 is 0 Å². The monoisotopic (exact) mass is 572 g/mol. The van der Waals surface area contributed by atoms with Crippen molar-refractivity contribution in [1.82, 2.24) is 0 Å². The first-order valence-electron chi connectivity index (χ1n) is 15.6. The van der Waals surface area contributed by atoms with Crippen molar-refractivity contribution in [3.8, 4) is 55.6 Å². The predicted octanol–water partition coefficient (Wildman–Crippen LogP) is 12.6. The molecular formula is C45H32. The molecule has 212 valence electrons. The maximum absolute atomic E-state index is 2.36. The number of aryl methyl sites for hydroxylation is 1. The highest BCUT2D eigenvalue weighted by Crippen LogP contribution is 2.44. The summed E-state index contributed by atoms with van der Waals surface area (Å²) in [5.74, 6) is 0. The average Bonchev–Trinajstić information content (AvgIpc) is 3.11. The fourth-order valence-corrected chi connectivity index (χ4v) is 6.69. The lowest BCUT2D eigenvalue weighted by Crippen LogP contribution is -1.91. The molecule has 0 nitrogen and oxygen atoms in total. The average molecular weight is 573 g/mol. The van der Waals surface area contributed by atoms with E-state index in [1.807, 2.05) is 0 Å². The van der Waals surface area contributed by atoms with E-state index >= 15 is 0 Å². The molecule has 0 aliphatic heterocycles. The Balaban J connectivity index is 1.22. The minimum Gasteiger partial charge on any atom is -0.0622 e. The van der Waals surface area contributed by atoms with Crippen LogP contribution in [0.1, 0.15) is 5.56 Å². The molecule has 8 aromatic carbocycles. The first-order chi connectivity index (χ1) is 22.2. The Morgan fingerprint density at radius 1 is 0.244 bits per heavy atom. The SMILES string of the molecule is Cc1ccc(-c2ccc(-c3cccc(-c4cccc(-c5c6ccccc6c(-c6ccccc6)c6ccccc56)c4)c3)cc2)cc1. The van der Waals surface area contributed by atoms with E-state index in [2.05, 4.69) is 183 Å². The minimum absolute atomic E-state index is 1.21. The molecule has 0 N–H and O–H groups in total. The van der Waals surface area contributed by atoms with Crippen LogP contribution in [0.4, 0.5) is 0 Å². The maximum Gasteiger partial charge on any atom is -0.00262 e. The second kappa shape index (κ2) is 11.4. The molecule has 8 rings (SSSR count). The van der Waals surface area contributed by atoms with Gasteiger partial charge in [0.15, 0.2) is 0 Å². The van der Waals surface area contributed by atoms with Crippen LogP contribution in [0.25, 0.3) is 77.2 Å². The highest BCUT2D eigenvalue weighted by molar-refractivity contribution is 6.21. The van der Waals surface area contributed by atoms with Crippen LogP contribution in [0.2, 0.25) is 0 Å². The Labute approximate surface area is 264 Å². The van der Waals surface area contributed by atoms with Crippen molar-refractivity contribution in [3.05, 3.63) is 181 Å². The molecule has 45 heavy (non-hydrogen) atoms. The molecular weight excluding hydrogens is 540 g/mol. The van der Waals surface area contributed by atoms with Crippen molar-refractivity contribution in [2.24, 2.45) is 0 Å². The summed E-state index contributed by atoms with van der Waals surface area (Å²) >= 11 is 0. The molecule has 8 aromatic rings. The van der Waals surface area contributed by atoms with E-state index in [0.717, 1.165) is 0 Å². The van der Waals surface area contributed by atoms with Gasteiger partial charge in [-0.3, -0.25) is 0 Å². The highest BCUT2D eigenvalue weighted by Gasteiger charge is 2.16. The van der Waals surface area contributed by atoms with Crippen LogP contribution in [0, 0.1) is 6.92 Å². The number of rotatable bonds is 5. The van der Waals surface area contributed by atoms with Crippen molar-refractivity contribution in [3.63, 3.8) is 0 Å². The quantitative estimate of drug-likeness (QED) is 0.180. The van der Waals surface area contributed by atoms with E-state index in [-0.39, 0.29) is 0 Å². The molecule has 0 heterocycles. The van der Waals surface area contributed by atoms with Crippen molar-refractivity contribution in [2.45, 2.75) is 6.92 Å². The number of hydrogen-bond acceptors (Lipinski definition) is 0. The molecule has 0 radical (unpaired) electrons. The third-order valence-corrected chi connectivity index (χ3v) is 8.94. The van der Waals surface area contributed by atoms with E-state index in [1.165, 1.54) is 82.7 Å². The Morgan fingerprint density at radius 2 is 0.578 bits per heavy atom. The van der Waals surface area contributed by atoms with Crippen LogP contribution in [0.3, 0.4) is 0 Å². The summed E-state index contributed by atoms with van der Waals surface area (Å²) in [4.78, 5) is 0. The Kier molecular flexibility index (Phi) is 6.81. The molecule has 0 aromatic heterocycles. The first kappa shape index (κ1) is 26.9. The van der Waals surface area contributed by atoms with Gasteiger partial charge < -0.3 is 0 Å². The Morgan fingerprint density at radius 3 is 1.09 bits per heavy atom. The third kappa shape index (κ3) is 5.01. The number of benzene rings is 8. The lowest BCUT2D eigenvalue weighted by molar-refractivity contribution is 1.47. The summed E-state index contributed by atoms with van der Waals surface area (Å²) in [6.07, 6.45) is 0. The van der Waals surface area contributed by atoms with Crippen molar-refractivity contribution >= 4 is 21.5 Å². The molecule has 0 saturated heterocycles. The summed E-state index contributed by atoms with van der Waals surface area (Å²) in [7, 11) is 0. The molecule has 0 aliphatic rings. The van der Waals surface area contributed by atoms with Gasteiger partial charge in [0.25, 0.3) is 0 Å². The standard InChI is InChI=1S/C45H32/c1-31-21-23-32(24-22-31)33-25-27-34(28-26-33)36-13-9-14-37(29-36)38-15-10-16-39(30-38)45-42-19-7-5-17-40(42)44(35-11-3-2-4-12-35)41-18-6-8-20-43(41)45/h2-30H,1H3. The first-order valence-corrected chi connectivity index (χ1v) is 15.6. The van der Waals surface area contributed by atoms with Gasteiger partial charge in [-0.15, -0.1) is 0 Å². The Hall–Kier alpha value is -5.72. The Bertz CT molecular complexity index is 2230. The molecule has 0 aliphatic carbocycles. The second-order valence-corrected chi connectivity index (χ2v) is 11.8. The van der Waals surface area contributed by atoms with Crippen LogP contribution in [0.5, 0.6) is 0 Å². The molecule has 0 heteroatoms. The fraction of sp³-hybridized carbons (Fsp3) is 0.0222. The highest BCUT2D eigenvalue weighted by atomic mass is 14.2. The largest absolute Gasteiger partial charge is 0.0622 e. The van der Waals surface area contributed by atoms with E-state index in [9.17, 15) is 0 Å². The summed E-state index contributed by atoms with van der Waals surface area (Å²) in [6.45, 7) is 2.13. The lowest BCUT2D eigenvalue weighted by atomic mass is 9.85. The molecule has 0 spiro atoms. The van der Waals surface area contributed by atoms with Gasteiger partial charge in [0.1, 0.15) is 0 Å². The second-order valence-electron chi connectivity index (χ2n) is 11.8. The maximum atomic E-state index is 2.36. The van der Waals surface area contributed by atoms with Crippen molar-refractivity contribution in [2.75, 3.05) is 0 Å². The van der Waals surface area contributed by atoms with E-state index in [1.54, 1.807) is 0 Å². The number of hydrogen-bond donors (Lipinski definition) is 0. The van der Waals surface area contributed by atoms with Crippen LogP contribution in [-0.4, -0.2) is 0 Å². The van der Waals surface area contributed by atoms with Gasteiger partial charge in [-0.2, -0.15) is 0 Å². The zero-order valence-electron chi connectivity index (χ0n) is 25.2. The van der Waals surface area contributed by atoms with Crippen molar-refractivity contribution < 1.29 is 0 Å². The molecule has 0 unspecified atom stereocenters. The number of fused-ring (bicyclic) bond motifs is 2. The summed E-state index contributed by atoms with van der Waals surface area (Å²) in [5.41, 5.74) is 13.7. The van der Waals surface area contributed by atoms with Gasteiger partial charge in [-0.25, -0.2) is 0 Å². The van der Waals surface area contributed by atoms with Gasteiger partial charge >= 0.3 is 0 Å². The third-order valence-electron chi connectivity index (χ3n) is 8.94. The molecule has 0 atom stereocenters. The molecule has 0 saturated carbocycles. The summed E-state index contributed by atoms with van der Waals surface area (Å²) in [6, 6.07) is 64.1.